The standard InChI is InChI=1S/C18H21ClN4O3S/c1-2-26-22-17(24)14-5-3-13(4-6-14)12-27-18-20-15(19)11-16(21-18)23-7-9-25-10-8-23/h3-6,11H,2,7-10,12H2,1H3,(H,22,24). The molecule has 0 saturated carbocycles. The molecule has 1 aromatic heterocycles. The Morgan fingerprint density at radius 2 is 2.04 bits per heavy atom. The van der Waals surface area contributed by atoms with Gasteiger partial charge in [0, 0.05) is 30.5 Å². The van der Waals surface area contributed by atoms with E-state index in [1.165, 1.54) is 11.8 Å². The van der Waals surface area contributed by atoms with Gasteiger partial charge in [-0.3, -0.25) is 9.63 Å². The van der Waals surface area contributed by atoms with Crippen molar-refractivity contribution in [1.82, 2.24) is 15.4 Å². The normalized spacial score (nSPS) is 14.2. The van der Waals surface area contributed by atoms with Crippen LogP contribution in [0, 0.1) is 0 Å². The molecule has 1 saturated heterocycles. The van der Waals surface area contributed by atoms with Crippen LogP contribution in [0.4, 0.5) is 5.82 Å². The number of halogens is 1. The first kappa shape index (κ1) is 19.9. The number of nitrogens with zero attached hydrogens (tertiary/aromatic N) is 3. The van der Waals surface area contributed by atoms with Crippen molar-refractivity contribution in [2.75, 3.05) is 37.8 Å². The van der Waals surface area contributed by atoms with Crippen LogP contribution in [0.1, 0.15) is 22.8 Å². The zero-order valence-electron chi connectivity index (χ0n) is 15.0. The van der Waals surface area contributed by atoms with Gasteiger partial charge < -0.3 is 9.64 Å². The fraction of sp³-hybridized carbons (Fsp3) is 0.389. The summed E-state index contributed by atoms with van der Waals surface area (Å²) in [4.78, 5) is 27.8. The minimum atomic E-state index is -0.260. The van der Waals surface area contributed by atoms with Crippen molar-refractivity contribution < 1.29 is 14.4 Å². The van der Waals surface area contributed by atoms with Crippen LogP contribution in [-0.2, 0) is 15.3 Å². The van der Waals surface area contributed by atoms with Crippen molar-refractivity contribution in [2.24, 2.45) is 0 Å². The van der Waals surface area contributed by atoms with Crippen LogP contribution < -0.4 is 10.4 Å². The third-order valence-corrected chi connectivity index (χ3v) is 5.00. The van der Waals surface area contributed by atoms with Gasteiger partial charge in [0.1, 0.15) is 11.0 Å². The fourth-order valence-corrected chi connectivity index (χ4v) is 3.54. The van der Waals surface area contributed by atoms with Gasteiger partial charge in [-0.15, -0.1) is 0 Å². The summed E-state index contributed by atoms with van der Waals surface area (Å²) in [7, 11) is 0. The molecule has 0 bridgehead atoms. The SMILES string of the molecule is CCONC(=O)c1ccc(CSc2nc(Cl)cc(N3CCOCC3)n2)cc1. The summed E-state index contributed by atoms with van der Waals surface area (Å²) in [6.45, 7) is 5.20. The Morgan fingerprint density at radius 1 is 1.30 bits per heavy atom. The molecule has 0 unspecified atom stereocenters. The predicted octanol–water partition coefficient (Wildman–Crippen LogP) is 2.94. The highest BCUT2D eigenvalue weighted by Gasteiger charge is 2.15. The van der Waals surface area contributed by atoms with E-state index in [0.717, 1.165) is 24.5 Å². The quantitative estimate of drug-likeness (QED) is 0.326. The number of ether oxygens (including phenoxy) is 1. The summed E-state index contributed by atoms with van der Waals surface area (Å²) in [5.41, 5.74) is 3.98. The highest BCUT2D eigenvalue weighted by Crippen LogP contribution is 2.25. The van der Waals surface area contributed by atoms with Gasteiger partial charge in [0.05, 0.1) is 19.8 Å². The minimum absolute atomic E-state index is 0.260. The number of hydrogen-bond donors (Lipinski definition) is 1. The first-order chi connectivity index (χ1) is 13.2. The van der Waals surface area contributed by atoms with Crippen molar-refractivity contribution in [2.45, 2.75) is 17.8 Å². The smallest absolute Gasteiger partial charge is 0.274 e. The van der Waals surface area contributed by atoms with Gasteiger partial charge in [-0.1, -0.05) is 35.5 Å². The van der Waals surface area contributed by atoms with Gasteiger partial charge in [0.2, 0.25) is 0 Å². The Morgan fingerprint density at radius 3 is 2.74 bits per heavy atom. The van der Waals surface area contributed by atoms with E-state index in [9.17, 15) is 4.79 Å². The number of nitrogens with one attached hydrogen (secondary N) is 1. The van der Waals surface area contributed by atoms with Crippen LogP contribution in [0.5, 0.6) is 0 Å². The molecule has 27 heavy (non-hydrogen) atoms. The largest absolute Gasteiger partial charge is 0.378 e. The lowest BCUT2D eigenvalue weighted by Crippen LogP contribution is -2.36. The molecule has 1 aliphatic heterocycles. The van der Waals surface area contributed by atoms with Gasteiger partial charge in [0.25, 0.3) is 5.91 Å². The van der Waals surface area contributed by atoms with Gasteiger partial charge in [-0.2, -0.15) is 0 Å². The Bertz CT molecular complexity index is 770. The number of carbonyl (C=O) groups excluding carboxylic acids is 1. The number of amides is 1. The van der Waals surface area contributed by atoms with E-state index >= 15 is 0 Å². The first-order valence-corrected chi connectivity index (χ1v) is 10.0. The van der Waals surface area contributed by atoms with E-state index in [1.54, 1.807) is 18.2 Å². The first-order valence-electron chi connectivity index (χ1n) is 8.67. The lowest BCUT2D eigenvalue weighted by molar-refractivity contribution is 0.0364. The van der Waals surface area contributed by atoms with Crippen LogP contribution in [0.25, 0.3) is 0 Å². The van der Waals surface area contributed by atoms with E-state index in [0.29, 0.717) is 41.4 Å². The Kier molecular flexibility index (Phi) is 7.28. The van der Waals surface area contributed by atoms with Crippen molar-refractivity contribution in [3.05, 3.63) is 46.6 Å². The molecule has 144 valence electrons. The molecule has 0 atom stereocenters. The molecule has 2 heterocycles. The maximum Gasteiger partial charge on any atom is 0.274 e. The van der Waals surface area contributed by atoms with E-state index in [2.05, 4.69) is 20.3 Å². The number of hydrogen-bond acceptors (Lipinski definition) is 7. The molecule has 0 radical (unpaired) electrons. The van der Waals surface area contributed by atoms with Crippen molar-refractivity contribution >= 4 is 35.1 Å². The molecule has 1 fully saturated rings. The Labute approximate surface area is 167 Å². The molecular weight excluding hydrogens is 388 g/mol. The molecule has 3 rings (SSSR count). The number of thioether (sulfide) groups is 1. The second-order valence-electron chi connectivity index (χ2n) is 5.78. The van der Waals surface area contributed by atoms with E-state index < -0.39 is 0 Å². The molecule has 7 nitrogen and oxygen atoms in total. The summed E-state index contributed by atoms with van der Waals surface area (Å²) in [6.07, 6.45) is 0. The summed E-state index contributed by atoms with van der Waals surface area (Å²) < 4.78 is 5.38. The maximum atomic E-state index is 11.8. The van der Waals surface area contributed by atoms with Gasteiger partial charge in [-0.25, -0.2) is 15.4 Å². The van der Waals surface area contributed by atoms with Gasteiger partial charge in [0.15, 0.2) is 5.16 Å². The number of carbonyl (C=O) groups is 1. The van der Waals surface area contributed by atoms with Crippen LogP contribution >= 0.6 is 23.4 Å². The lowest BCUT2D eigenvalue weighted by Gasteiger charge is -2.27. The second-order valence-corrected chi connectivity index (χ2v) is 7.11. The molecular formula is C18H21ClN4O3S. The molecule has 0 aliphatic carbocycles. The second kappa shape index (κ2) is 9.89. The lowest BCUT2D eigenvalue weighted by atomic mass is 10.1. The molecule has 0 spiro atoms. The number of benzene rings is 1. The Hall–Kier alpha value is -1.87. The van der Waals surface area contributed by atoms with Crippen LogP contribution in [0.3, 0.4) is 0 Å². The molecule has 2 aromatic rings. The number of anilines is 1. The maximum absolute atomic E-state index is 11.8. The summed E-state index contributed by atoms with van der Waals surface area (Å²) >= 11 is 7.67. The number of morpholine rings is 1. The minimum Gasteiger partial charge on any atom is -0.378 e. The monoisotopic (exact) mass is 408 g/mol. The van der Waals surface area contributed by atoms with Crippen LogP contribution in [0.2, 0.25) is 5.15 Å². The van der Waals surface area contributed by atoms with Gasteiger partial charge in [-0.05, 0) is 24.6 Å². The third-order valence-electron chi connectivity index (χ3n) is 3.89. The fourth-order valence-electron chi connectivity index (χ4n) is 2.50. The van der Waals surface area contributed by atoms with E-state index in [1.807, 2.05) is 19.1 Å². The summed E-state index contributed by atoms with van der Waals surface area (Å²) in [6, 6.07) is 9.12. The average Bonchev–Trinajstić information content (AvgIpc) is 2.71. The van der Waals surface area contributed by atoms with Crippen molar-refractivity contribution in [1.29, 1.82) is 0 Å². The predicted molar refractivity (Wildman–Crippen MR) is 105 cm³/mol. The zero-order valence-corrected chi connectivity index (χ0v) is 16.6. The molecule has 1 aliphatic rings. The number of rotatable bonds is 7. The van der Waals surface area contributed by atoms with Crippen molar-refractivity contribution in [3.8, 4) is 0 Å². The van der Waals surface area contributed by atoms with Crippen molar-refractivity contribution in [3.63, 3.8) is 0 Å². The Balaban J connectivity index is 1.61. The number of aromatic nitrogens is 2. The van der Waals surface area contributed by atoms with Crippen LogP contribution in [0.15, 0.2) is 35.5 Å². The molecule has 1 aromatic carbocycles. The topological polar surface area (TPSA) is 76.6 Å². The van der Waals surface area contributed by atoms with E-state index in [4.69, 9.17) is 21.2 Å². The zero-order chi connectivity index (χ0) is 19.1. The highest BCUT2D eigenvalue weighted by molar-refractivity contribution is 7.98. The van der Waals surface area contributed by atoms with Crippen LogP contribution in [-0.4, -0.2) is 48.8 Å². The third kappa shape index (κ3) is 5.80. The molecule has 1 amide bonds. The molecule has 9 heteroatoms. The highest BCUT2D eigenvalue weighted by atomic mass is 35.5. The summed E-state index contributed by atoms with van der Waals surface area (Å²) in [5.74, 6) is 1.24. The summed E-state index contributed by atoms with van der Waals surface area (Å²) in [5, 5.41) is 1.05. The average molecular weight is 409 g/mol. The van der Waals surface area contributed by atoms with E-state index in [-0.39, 0.29) is 5.91 Å². The molecule has 1 N–H and O–H groups in total. The van der Waals surface area contributed by atoms with Gasteiger partial charge >= 0.3 is 0 Å². The number of hydroxylamine groups is 1.